The summed E-state index contributed by atoms with van der Waals surface area (Å²) in [5, 5.41) is 9.50. The Morgan fingerprint density at radius 2 is 1.32 bits per heavy atom. The van der Waals surface area contributed by atoms with Crippen molar-refractivity contribution in [1.29, 1.82) is 0 Å². The molecule has 0 radical (unpaired) electrons. The van der Waals surface area contributed by atoms with E-state index in [0.29, 0.717) is 12.4 Å². The summed E-state index contributed by atoms with van der Waals surface area (Å²) in [6.45, 7) is 2.84. The summed E-state index contributed by atoms with van der Waals surface area (Å²) in [6, 6.07) is 6.84. The molecule has 22 heavy (non-hydrogen) atoms. The molecule has 0 heterocycles. The second-order valence-corrected chi connectivity index (χ2v) is 5.91. The summed E-state index contributed by atoms with van der Waals surface area (Å²) in [6.07, 6.45) is 14.5. The Labute approximate surface area is 135 Å². The molecule has 0 bridgehead atoms. The van der Waals surface area contributed by atoms with Gasteiger partial charge in [-0.2, -0.15) is 4.89 Å². The van der Waals surface area contributed by atoms with Crippen molar-refractivity contribution in [3.8, 4) is 11.5 Å². The molecule has 0 fully saturated rings. The molecule has 0 unspecified atom stereocenters. The van der Waals surface area contributed by atoms with E-state index < -0.39 is 0 Å². The molecule has 0 amide bonds. The molecule has 0 saturated carbocycles. The number of rotatable bonds is 14. The largest absolute Gasteiger partial charge is 0.504 e. The minimum Gasteiger partial charge on any atom is -0.504 e. The van der Waals surface area contributed by atoms with Crippen LogP contribution in [0.1, 0.15) is 77.6 Å². The van der Waals surface area contributed by atoms with Crippen LogP contribution < -0.4 is 4.89 Å². The van der Waals surface area contributed by atoms with Crippen LogP contribution in [-0.4, -0.2) is 11.7 Å². The molecule has 0 atom stereocenters. The van der Waals surface area contributed by atoms with E-state index in [9.17, 15) is 5.11 Å². The molecule has 0 aromatic heterocycles. The third-order valence-electron chi connectivity index (χ3n) is 3.85. The maximum Gasteiger partial charge on any atom is 0.206 e. The second kappa shape index (κ2) is 13.4. The highest BCUT2D eigenvalue weighted by molar-refractivity contribution is 5.37. The Kier molecular flexibility index (Phi) is 11.5. The third kappa shape index (κ3) is 9.67. The van der Waals surface area contributed by atoms with Crippen LogP contribution in [0, 0.1) is 0 Å². The molecule has 126 valence electrons. The summed E-state index contributed by atoms with van der Waals surface area (Å²) in [5.41, 5.74) is 0. The first kappa shape index (κ1) is 18.8. The summed E-state index contributed by atoms with van der Waals surface area (Å²) in [7, 11) is 0. The fourth-order valence-electron chi connectivity index (χ4n) is 2.46. The molecule has 0 aliphatic rings. The Morgan fingerprint density at radius 3 is 1.91 bits per heavy atom. The third-order valence-corrected chi connectivity index (χ3v) is 3.85. The van der Waals surface area contributed by atoms with Crippen LogP contribution in [0.5, 0.6) is 11.5 Å². The highest BCUT2D eigenvalue weighted by Gasteiger charge is 2.01. The van der Waals surface area contributed by atoms with Gasteiger partial charge in [0.15, 0.2) is 5.75 Å². The number of phenols is 1. The van der Waals surface area contributed by atoms with E-state index in [-0.39, 0.29) is 5.75 Å². The Morgan fingerprint density at radius 1 is 0.773 bits per heavy atom. The Bertz CT molecular complexity index is 365. The molecule has 3 nitrogen and oxygen atoms in total. The molecule has 1 aromatic carbocycles. The second-order valence-electron chi connectivity index (χ2n) is 5.91. The molecule has 1 rings (SSSR count). The molecular weight excluding hydrogens is 276 g/mol. The summed E-state index contributed by atoms with van der Waals surface area (Å²) < 4.78 is 0. The predicted octanol–water partition coefficient (Wildman–Crippen LogP) is 6.01. The molecular formula is C19H32O3. The number of hydrogen-bond acceptors (Lipinski definition) is 3. The van der Waals surface area contributed by atoms with Crippen molar-refractivity contribution in [2.24, 2.45) is 0 Å². The fourth-order valence-corrected chi connectivity index (χ4v) is 2.46. The van der Waals surface area contributed by atoms with E-state index in [1.165, 1.54) is 64.2 Å². The van der Waals surface area contributed by atoms with Gasteiger partial charge in [-0.15, -0.1) is 0 Å². The lowest BCUT2D eigenvalue weighted by molar-refractivity contribution is -0.208. The van der Waals surface area contributed by atoms with Gasteiger partial charge in [-0.3, -0.25) is 0 Å². The quantitative estimate of drug-likeness (QED) is 0.260. The minimum absolute atomic E-state index is 0.112. The average molecular weight is 308 g/mol. The van der Waals surface area contributed by atoms with Gasteiger partial charge in [0, 0.05) is 0 Å². The van der Waals surface area contributed by atoms with Crippen LogP contribution >= 0.6 is 0 Å². The zero-order chi connectivity index (χ0) is 15.9. The van der Waals surface area contributed by atoms with Gasteiger partial charge in [-0.25, -0.2) is 0 Å². The highest BCUT2D eigenvalue weighted by atomic mass is 17.2. The first-order valence-electron chi connectivity index (χ1n) is 8.92. The highest BCUT2D eigenvalue weighted by Crippen LogP contribution is 2.24. The molecule has 0 aliphatic carbocycles. The maximum absolute atomic E-state index is 9.50. The number of para-hydroxylation sites is 2. The smallest absolute Gasteiger partial charge is 0.206 e. The van der Waals surface area contributed by atoms with Gasteiger partial charge in [-0.05, 0) is 18.6 Å². The van der Waals surface area contributed by atoms with Crippen molar-refractivity contribution < 1.29 is 14.9 Å². The van der Waals surface area contributed by atoms with Gasteiger partial charge in [-0.1, -0.05) is 83.3 Å². The molecule has 3 heteroatoms. The predicted molar refractivity (Wildman–Crippen MR) is 91.1 cm³/mol. The lowest BCUT2D eigenvalue weighted by Gasteiger charge is -2.06. The van der Waals surface area contributed by atoms with Gasteiger partial charge in [0.05, 0.1) is 6.61 Å². The zero-order valence-electron chi connectivity index (χ0n) is 14.1. The number of phenolic OH excluding ortho intramolecular Hbond substituents is 1. The lowest BCUT2D eigenvalue weighted by Crippen LogP contribution is -1.99. The molecule has 1 aromatic rings. The zero-order valence-corrected chi connectivity index (χ0v) is 14.1. The minimum atomic E-state index is 0.112. The normalized spacial score (nSPS) is 10.8. The van der Waals surface area contributed by atoms with Gasteiger partial charge in [0.1, 0.15) is 0 Å². The summed E-state index contributed by atoms with van der Waals surface area (Å²) in [4.78, 5) is 10.2. The van der Waals surface area contributed by atoms with Crippen molar-refractivity contribution >= 4 is 0 Å². The van der Waals surface area contributed by atoms with E-state index in [0.717, 1.165) is 6.42 Å². The van der Waals surface area contributed by atoms with Crippen LogP contribution in [0.25, 0.3) is 0 Å². The van der Waals surface area contributed by atoms with Crippen LogP contribution in [0.15, 0.2) is 24.3 Å². The fraction of sp³-hybridized carbons (Fsp3) is 0.684. The van der Waals surface area contributed by atoms with Crippen molar-refractivity contribution in [1.82, 2.24) is 0 Å². The van der Waals surface area contributed by atoms with Crippen molar-refractivity contribution in [3.63, 3.8) is 0 Å². The van der Waals surface area contributed by atoms with E-state index in [1.807, 2.05) is 0 Å². The van der Waals surface area contributed by atoms with Gasteiger partial charge in [0.25, 0.3) is 0 Å². The average Bonchev–Trinajstić information content (AvgIpc) is 2.53. The Hall–Kier alpha value is -1.22. The van der Waals surface area contributed by atoms with E-state index in [2.05, 4.69) is 6.92 Å². The van der Waals surface area contributed by atoms with Gasteiger partial charge < -0.3 is 9.99 Å². The van der Waals surface area contributed by atoms with E-state index in [1.54, 1.807) is 24.3 Å². The molecule has 0 aliphatic heterocycles. The number of hydrogen-bond donors (Lipinski definition) is 1. The number of benzene rings is 1. The monoisotopic (exact) mass is 308 g/mol. The standard InChI is InChI=1S/C19H32O3/c1-2-3-4-5-6-7-8-9-10-11-14-17-21-22-19-16-13-12-15-18(19)20/h12-13,15-16,20H,2-11,14,17H2,1H3. The Balaban J connectivity index is 1.81. The van der Waals surface area contributed by atoms with E-state index in [4.69, 9.17) is 9.78 Å². The van der Waals surface area contributed by atoms with Crippen LogP contribution in [0.4, 0.5) is 0 Å². The summed E-state index contributed by atoms with van der Waals surface area (Å²) in [5.74, 6) is 0.493. The van der Waals surface area contributed by atoms with Gasteiger partial charge >= 0.3 is 0 Å². The molecule has 0 saturated heterocycles. The summed E-state index contributed by atoms with van der Waals surface area (Å²) >= 11 is 0. The molecule has 1 N–H and O–H groups in total. The number of aromatic hydroxyl groups is 1. The van der Waals surface area contributed by atoms with Crippen LogP contribution in [-0.2, 0) is 4.89 Å². The van der Waals surface area contributed by atoms with Crippen LogP contribution in [0.3, 0.4) is 0 Å². The first-order chi connectivity index (χ1) is 10.8. The lowest BCUT2D eigenvalue weighted by atomic mass is 10.1. The SMILES string of the molecule is CCCCCCCCCCCCCOOc1ccccc1O. The van der Waals surface area contributed by atoms with Crippen molar-refractivity contribution in [2.45, 2.75) is 77.6 Å². The first-order valence-corrected chi connectivity index (χ1v) is 8.92. The molecule has 0 spiro atoms. The van der Waals surface area contributed by atoms with Crippen molar-refractivity contribution in [2.75, 3.05) is 6.61 Å². The van der Waals surface area contributed by atoms with Crippen molar-refractivity contribution in [3.05, 3.63) is 24.3 Å². The van der Waals surface area contributed by atoms with E-state index >= 15 is 0 Å². The maximum atomic E-state index is 9.50. The van der Waals surface area contributed by atoms with Gasteiger partial charge in [0.2, 0.25) is 5.75 Å². The topological polar surface area (TPSA) is 38.7 Å². The van der Waals surface area contributed by atoms with Crippen LogP contribution in [0.2, 0.25) is 0 Å². The number of unbranched alkanes of at least 4 members (excludes halogenated alkanes) is 10.